The molecule has 2 aliphatic heterocycles. The molecule has 1 unspecified atom stereocenters. The maximum Gasteiger partial charge on any atom is 0.243 e. The number of aryl methyl sites for hydroxylation is 2. The normalized spacial score (nSPS) is 20.7. The van der Waals surface area contributed by atoms with E-state index in [1.54, 1.807) is 23.5 Å². The van der Waals surface area contributed by atoms with Crippen LogP contribution in [0.15, 0.2) is 47.4 Å². The molecule has 2 fully saturated rings. The van der Waals surface area contributed by atoms with Crippen LogP contribution in [0.5, 0.6) is 5.75 Å². The standard InChI is InChI=1S/C27H36N2O4S/c1-20-8-13-25(19-21(20)2)34(31,32)28-17-14-23(15-18-28)27(30)29-16-6-4-5-7-26(29)22-9-11-24(33-3)12-10-22/h8-13,19,23,26H,4-7,14-18H2,1-3H3. The minimum absolute atomic E-state index is 0.0678. The second kappa shape index (κ2) is 10.5. The van der Waals surface area contributed by atoms with E-state index in [0.717, 1.165) is 54.7 Å². The average Bonchev–Trinajstić information content (AvgIpc) is 3.11. The van der Waals surface area contributed by atoms with E-state index in [4.69, 9.17) is 4.74 Å². The SMILES string of the molecule is COc1ccc(C2CCCCCN2C(=O)C2CCN(S(=O)(=O)c3ccc(C)c(C)c3)CC2)cc1. The Balaban J connectivity index is 1.46. The quantitative estimate of drug-likeness (QED) is 0.608. The van der Waals surface area contributed by atoms with Crippen molar-refractivity contribution >= 4 is 15.9 Å². The first-order valence-corrected chi connectivity index (χ1v) is 13.8. The molecule has 0 saturated carbocycles. The number of carbonyl (C=O) groups is 1. The van der Waals surface area contributed by atoms with Gasteiger partial charge in [-0.1, -0.05) is 31.0 Å². The third kappa shape index (κ3) is 5.15. The monoisotopic (exact) mass is 484 g/mol. The predicted molar refractivity (Wildman–Crippen MR) is 133 cm³/mol. The van der Waals surface area contributed by atoms with Gasteiger partial charge >= 0.3 is 0 Å². The zero-order valence-electron chi connectivity index (χ0n) is 20.5. The molecule has 2 aliphatic rings. The largest absolute Gasteiger partial charge is 0.497 e. The third-order valence-corrected chi connectivity index (χ3v) is 9.35. The number of likely N-dealkylation sites (tertiary alicyclic amines) is 1. The summed E-state index contributed by atoms with van der Waals surface area (Å²) in [6, 6.07) is 13.4. The summed E-state index contributed by atoms with van der Waals surface area (Å²) in [6.07, 6.45) is 5.33. The number of hydrogen-bond acceptors (Lipinski definition) is 4. The Kier molecular flexibility index (Phi) is 7.63. The third-order valence-electron chi connectivity index (χ3n) is 7.46. The van der Waals surface area contributed by atoms with E-state index in [-0.39, 0.29) is 17.9 Å². The molecule has 2 aromatic carbocycles. The molecule has 0 N–H and O–H groups in total. The van der Waals surface area contributed by atoms with Crippen LogP contribution in [0.1, 0.15) is 61.3 Å². The van der Waals surface area contributed by atoms with Crippen LogP contribution in [-0.4, -0.2) is 50.3 Å². The van der Waals surface area contributed by atoms with E-state index < -0.39 is 10.0 Å². The second-order valence-electron chi connectivity index (χ2n) is 9.59. The molecule has 2 heterocycles. The van der Waals surface area contributed by atoms with Gasteiger partial charge in [0.2, 0.25) is 15.9 Å². The first-order chi connectivity index (χ1) is 16.3. The van der Waals surface area contributed by atoms with Gasteiger partial charge in [0.15, 0.2) is 0 Å². The summed E-state index contributed by atoms with van der Waals surface area (Å²) in [6.45, 7) is 5.43. The lowest BCUT2D eigenvalue weighted by Gasteiger charge is -2.37. The highest BCUT2D eigenvalue weighted by Crippen LogP contribution is 2.34. The summed E-state index contributed by atoms with van der Waals surface area (Å²) in [7, 11) is -1.89. The number of nitrogens with zero attached hydrogens (tertiary/aromatic N) is 2. The number of ether oxygens (including phenoxy) is 1. The van der Waals surface area contributed by atoms with Gasteiger partial charge in [0, 0.05) is 25.6 Å². The van der Waals surface area contributed by atoms with Gasteiger partial charge in [-0.25, -0.2) is 8.42 Å². The van der Waals surface area contributed by atoms with Crippen molar-refractivity contribution in [2.24, 2.45) is 5.92 Å². The highest BCUT2D eigenvalue weighted by Gasteiger charge is 2.36. The van der Waals surface area contributed by atoms with Gasteiger partial charge in [0.1, 0.15) is 5.75 Å². The van der Waals surface area contributed by atoms with Crippen LogP contribution in [-0.2, 0) is 14.8 Å². The number of sulfonamides is 1. The zero-order chi connectivity index (χ0) is 24.3. The van der Waals surface area contributed by atoms with Crippen molar-refractivity contribution in [3.63, 3.8) is 0 Å². The van der Waals surface area contributed by atoms with Gasteiger partial charge in [-0.3, -0.25) is 4.79 Å². The van der Waals surface area contributed by atoms with Gasteiger partial charge in [-0.2, -0.15) is 4.31 Å². The molecule has 34 heavy (non-hydrogen) atoms. The number of carbonyl (C=O) groups excluding carboxylic acids is 1. The highest BCUT2D eigenvalue weighted by atomic mass is 32.2. The van der Waals surface area contributed by atoms with Crippen LogP contribution >= 0.6 is 0 Å². The van der Waals surface area contributed by atoms with Crippen LogP contribution in [0.3, 0.4) is 0 Å². The van der Waals surface area contributed by atoms with E-state index >= 15 is 0 Å². The Morgan fingerprint density at radius 1 is 0.882 bits per heavy atom. The minimum Gasteiger partial charge on any atom is -0.497 e. The summed E-state index contributed by atoms with van der Waals surface area (Å²) in [5.41, 5.74) is 3.19. The molecule has 0 radical (unpaired) electrons. The summed E-state index contributed by atoms with van der Waals surface area (Å²) < 4.78 is 33.2. The lowest BCUT2D eigenvalue weighted by atomic mass is 9.94. The van der Waals surface area contributed by atoms with E-state index in [2.05, 4.69) is 17.0 Å². The van der Waals surface area contributed by atoms with Gasteiger partial charge in [-0.05, 0) is 80.5 Å². The van der Waals surface area contributed by atoms with Crippen LogP contribution in [0.4, 0.5) is 0 Å². The lowest BCUT2D eigenvalue weighted by Crippen LogP contribution is -2.45. The lowest BCUT2D eigenvalue weighted by molar-refractivity contribution is -0.139. The number of methoxy groups -OCH3 is 1. The molecule has 0 aliphatic carbocycles. The van der Waals surface area contributed by atoms with Crippen LogP contribution in [0.2, 0.25) is 0 Å². The van der Waals surface area contributed by atoms with Crippen molar-refractivity contribution in [1.82, 2.24) is 9.21 Å². The fourth-order valence-electron chi connectivity index (χ4n) is 5.15. The Bertz CT molecular complexity index is 1110. The molecule has 4 rings (SSSR count). The van der Waals surface area contributed by atoms with E-state index in [9.17, 15) is 13.2 Å². The Labute approximate surface area is 204 Å². The van der Waals surface area contributed by atoms with Crippen molar-refractivity contribution in [1.29, 1.82) is 0 Å². The van der Waals surface area contributed by atoms with Gasteiger partial charge in [-0.15, -0.1) is 0 Å². The molecule has 7 heteroatoms. The summed E-state index contributed by atoms with van der Waals surface area (Å²) >= 11 is 0. The first-order valence-electron chi connectivity index (χ1n) is 12.3. The summed E-state index contributed by atoms with van der Waals surface area (Å²) in [5, 5.41) is 0. The molecule has 2 aromatic rings. The zero-order valence-corrected chi connectivity index (χ0v) is 21.3. The van der Waals surface area contributed by atoms with Crippen molar-refractivity contribution in [3.8, 4) is 5.75 Å². The predicted octanol–water partition coefficient (Wildman–Crippen LogP) is 4.86. The van der Waals surface area contributed by atoms with Crippen LogP contribution in [0.25, 0.3) is 0 Å². The molecule has 1 atom stereocenters. The van der Waals surface area contributed by atoms with Crippen LogP contribution < -0.4 is 4.74 Å². The molecule has 6 nitrogen and oxygen atoms in total. The van der Waals surface area contributed by atoms with Gasteiger partial charge in [0.05, 0.1) is 18.0 Å². The fraction of sp³-hybridized carbons (Fsp3) is 0.519. The topological polar surface area (TPSA) is 66.9 Å². The molecule has 0 aromatic heterocycles. The van der Waals surface area contributed by atoms with Gasteiger partial charge in [0.25, 0.3) is 0 Å². The number of amides is 1. The number of piperidine rings is 1. The highest BCUT2D eigenvalue weighted by molar-refractivity contribution is 7.89. The van der Waals surface area contributed by atoms with E-state index in [1.807, 2.05) is 32.0 Å². The maximum atomic E-state index is 13.7. The Hall–Kier alpha value is -2.38. The fourth-order valence-corrected chi connectivity index (χ4v) is 6.70. The van der Waals surface area contributed by atoms with Crippen molar-refractivity contribution < 1.29 is 17.9 Å². The van der Waals surface area contributed by atoms with E-state index in [1.165, 1.54) is 0 Å². The van der Waals surface area contributed by atoms with Crippen molar-refractivity contribution in [2.45, 2.75) is 63.3 Å². The Morgan fingerprint density at radius 2 is 1.59 bits per heavy atom. The van der Waals surface area contributed by atoms with Crippen molar-refractivity contribution in [3.05, 3.63) is 59.2 Å². The number of hydrogen-bond donors (Lipinski definition) is 0. The van der Waals surface area contributed by atoms with Crippen molar-refractivity contribution in [2.75, 3.05) is 26.7 Å². The second-order valence-corrected chi connectivity index (χ2v) is 11.5. The summed E-state index contributed by atoms with van der Waals surface area (Å²) in [5.74, 6) is 0.851. The molecule has 1 amide bonds. The minimum atomic E-state index is -3.54. The average molecular weight is 485 g/mol. The molecule has 2 saturated heterocycles. The van der Waals surface area contributed by atoms with E-state index in [0.29, 0.717) is 30.8 Å². The summed E-state index contributed by atoms with van der Waals surface area (Å²) in [4.78, 5) is 16.1. The van der Waals surface area contributed by atoms with Gasteiger partial charge < -0.3 is 9.64 Å². The van der Waals surface area contributed by atoms with Crippen LogP contribution in [0, 0.1) is 19.8 Å². The molecule has 0 bridgehead atoms. The molecule has 0 spiro atoms. The Morgan fingerprint density at radius 3 is 2.24 bits per heavy atom. The molecular weight excluding hydrogens is 448 g/mol. The number of rotatable bonds is 5. The maximum absolute atomic E-state index is 13.7. The molecule has 184 valence electrons. The smallest absolute Gasteiger partial charge is 0.243 e. The molecular formula is C27H36N2O4S. The number of benzene rings is 2. The first kappa shape index (κ1) is 24.7.